The predicted molar refractivity (Wildman–Crippen MR) is 136 cm³/mol. The fraction of sp³-hybridized carbons (Fsp3) is 0.367. The van der Waals surface area contributed by atoms with Gasteiger partial charge in [0.25, 0.3) is 0 Å². The topological polar surface area (TPSA) is 35.5 Å². The molecular weight excluding hydrogens is 446 g/mol. The minimum absolute atomic E-state index is 0.0995. The average molecular weight is 481 g/mol. The van der Waals surface area contributed by atoms with Gasteiger partial charge in [-0.25, -0.2) is 13.6 Å². The molecule has 0 saturated heterocycles. The predicted octanol–water partition coefficient (Wildman–Crippen LogP) is 8.54. The first kappa shape index (κ1) is 26.4. The van der Waals surface area contributed by atoms with Crippen molar-refractivity contribution in [3.63, 3.8) is 0 Å². The molecule has 3 aromatic rings. The van der Waals surface area contributed by atoms with Crippen LogP contribution in [-0.2, 0) is 6.42 Å². The van der Waals surface area contributed by atoms with Crippen LogP contribution in [0.3, 0.4) is 0 Å². The molecule has 0 heterocycles. The molecular formula is C30H34F2O3. The number of unbranched alkanes of at least 4 members (excludes halogenated alkanes) is 5. The summed E-state index contributed by atoms with van der Waals surface area (Å²) in [4.78, 5) is 12.5. The highest BCUT2D eigenvalue weighted by Gasteiger charge is 2.13. The summed E-state index contributed by atoms with van der Waals surface area (Å²) in [6.07, 6.45) is 8.56. The normalized spacial score (nSPS) is 10.9. The largest absolute Gasteiger partial charge is 0.491 e. The minimum Gasteiger partial charge on any atom is -0.491 e. The summed E-state index contributed by atoms with van der Waals surface area (Å²) in [6.45, 7) is 4.71. The summed E-state index contributed by atoms with van der Waals surface area (Å²) >= 11 is 0. The van der Waals surface area contributed by atoms with Gasteiger partial charge in [0.1, 0.15) is 0 Å². The molecule has 186 valence electrons. The van der Waals surface area contributed by atoms with Crippen molar-refractivity contribution in [3.05, 3.63) is 83.4 Å². The fourth-order valence-corrected chi connectivity index (χ4v) is 3.89. The molecule has 35 heavy (non-hydrogen) atoms. The lowest BCUT2D eigenvalue weighted by molar-refractivity contribution is 0.0728. The highest BCUT2D eigenvalue weighted by Crippen LogP contribution is 2.27. The number of esters is 1. The smallest absolute Gasteiger partial charge is 0.343 e. The van der Waals surface area contributed by atoms with Gasteiger partial charge >= 0.3 is 5.97 Å². The molecule has 0 N–H and O–H groups in total. The summed E-state index contributed by atoms with van der Waals surface area (Å²) in [5, 5.41) is 0. The maximum absolute atomic E-state index is 14.5. The Morgan fingerprint density at radius 1 is 0.714 bits per heavy atom. The molecule has 0 bridgehead atoms. The Morgan fingerprint density at radius 3 is 2.06 bits per heavy atom. The van der Waals surface area contributed by atoms with Crippen LogP contribution >= 0.6 is 0 Å². The molecule has 0 aliphatic carbocycles. The Kier molecular flexibility index (Phi) is 10.3. The second kappa shape index (κ2) is 13.6. The molecule has 0 fully saturated rings. The number of hydrogen-bond acceptors (Lipinski definition) is 3. The number of ether oxygens (including phenoxy) is 2. The van der Waals surface area contributed by atoms with E-state index in [9.17, 15) is 13.6 Å². The molecule has 5 heteroatoms. The number of hydrogen-bond donors (Lipinski definition) is 0. The van der Waals surface area contributed by atoms with Crippen molar-refractivity contribution in [2.45, 2.75) is 65.2 Å². The number of carbonyl (C=O) groups excluding carboxylic acids is 1. The lowest BCUT2D eigenvalue weighted by atomic mass is 10.0. The van der Waals surface area contributed by atoms with E-state index in [1.54, 1.807) is 42.5 Å². The summed E-state index contributed by atoms with van der Waals surface area (Å²) in [7, 11) is 0. The van der Waals surface area contributed by atoms with Gasteiger partial charge in [0.15, 0.2) is 23.1 Å². The Morgan fingerprint density at radius 2 is 1.37 bits per heavy atom. The lowest BCUT2D eigenvalue weighted by Crippen LogP contribution is -2.09. The van der Waals surface area contributed by atoms with E-state index in [0.717, 1.165) is 36.8 Å². The first-order valence-corrected chi connectivity index (χ1v) is 12.5. The first-order chi connectivity index (χ1) is 17.0. The molecule has 0 aliphatic heterocycles. The van der Waals surface area contributed by atoms with Crippen molar-refractivity contribution >= 4 is 5.97 Å². The summed E-state index contributed by atoms with van der Waals surface area (Å²) < 4.78 is 39.6. The van der Waals surface area contributed by atoms with Crippen molar-refractivity contribution in [2.75, 3.05) is 6.61 Å². The van der Waals surface area contributed by atoms with Crippen LogP contribution in [0, 0.1) is 11.6 Å². The van der Waals surface area contributed by atoms with E-state index in [-0.39, 0.29) is 17.1 Å². The van der Waals surface area contributed by atoms with Gasteiger partial charge in [0.05, 0.1) is 12.2 Å². The lowest BCUT2D eigenvalue weighted by Gasteiger charge is -2.10. The second-order valence-electron chi connectivity index (χ2n) is 8.74. The maximum atomic E-state index is 14.5. The average Bonchev–Trinajstić information content (AvgIpc) is 2.86. The van der Waals surface area contributed by atoms with E-state index in [1.165, 1.54) is 43.9 Å². The van der Waals surface area contributed by atoms with Crippen LogP contribution in [0.5, 0.6) is 11.5 Å². The van der Waals surface area contributed by atoms with Crippen LogP contribution in [-0.4, -0.2) is 12.6 Å². The van der Waals surface area contributed by atoms with Crippen LogP contribution in [0.2, 0.25) is 0 Å². The number of aryl methyl sites for hydroxylation is 1. The molecule has 0 aromatic heterocycles. The summed E-state index contributed by atoms with van der Waals surface area (Å²) in [6, 6.07) is 16.1. The van der Waals surface area contributed by atoms with Crippen LogP contribution < -0.4 is 9.47 Å². The number of benzene rings is 3. The molecule has 0 radical (unpaired) electrons. The van der Waals surface area contributed by atoms with Gasteiger partial charge in [-0.05, 0) is 65.9 Å². The van der Waals surface area contributed by atoms with E-state index >= 15 is 0 Å². The van der Waals surface area contributed by atoms with E-state index in [4.69, 9.17) is 9.47 Å². The van der Waals surface area contributed by atoms with Crippen molar-refractivity contribution in [2.24, 2.45) is 0 Å². The summed E-state index contributed by atoms with van der Waals surface area (Å²) in [5.41, 5.74) is 2.57. The summed E-state index contributed by atoms with van der Waals surface area (Å²) in [5.74, 6) is -1.48. The SMILES string of the molecule is CCCCCCCCOc1ccc(-c2ccc(C(=O)Oc3ccc(CCC)cc3F)cc2)cc1F. The van der Waals surface area contributed by atoms with Crippen molar-refractivity contribution < 1.29 is 23.0 Å². The van der Waals surface area contributed by atoms with Gasteiger partial charge in [0, 0.05) is 0 Å². The molecule has 3 rings (SSSR count). The van der Waals surface area contributed by atoms with Crippen LogP contribution in [0.15, 0.2) is 60.7 Å². The number of carbonyl (C=O) groups is 1. The molecule has 3 nitrogen and oxygen atoms in total. The molecule has 0 amide bonds. The number of halogens is 2. The minimum atomic E-state index is -0.650. The first-order valence-electron chi connectivity index (χ1n) is 12.5. The van der Waals surface area contributed by atoms with Crippen LogP contribution in [0.25, 0.3) is 11.1 Å². The molecule has 0 aliphatic rings. The van der Waals surface area contributed by atoms with Crippen LogP contribution in [0.1, 0.15) is 74.7 Å². The van der Waals surface area contributed by atoms with Gasteiger partial charge in [-0.2, -0.15) is 0 Å². The van der Waals surface area contributed by atoms with E-state index < -0.39 is 17.6 Å². The zero-order chi connectivity index (χ0) is 25.0. The van der Waals surface area contributed by atoms with Crippen molar-refractivity contribution in [3.8, 4) is 22.6 Å². The molecule has 0 atom stereocenters. The Balaban J connectivity index is 1.56. The van der Waals surface area contributed by atoms with Gasteiger partial charge in [-0.3, -0.25) is 0 Å². The highest BCUT2D eigenvalue weighted by molar-refractivity contribution is 5.91. The highest BCUT2D eigenvalue weighted by atomic mass is 19.1. The van der Waals surface area contributed by atoms with Crippen LogP contribution in [0.4, 0.5) is 8.78 Å². The van der Waals surface area contributed by atoms with Crippen molar-refractivity contribution in [1.82, 2.24) is 0 Å². The quantitative estimate of drug-likeness (QED) is 0.140. The van der Waals surface area contributed by atoms with E-state index in [1.807, 2.05) is 6.92 Å². The van der Waals surface area contributed by atoms with E-state index in [0.29, 0.717) is 12.2 Å². The third-order valence-corrected chi connectivity index (χ3v) is 5.88. The Bertz CT molecular complexity index is 1090. The number of rotatable bonds is 13. The van der Waals surface area contributed by atoms with Gasteiger partial charge in [-0.1, -0.05) is 76.6 Å². The maximum Gasteiger partial charge on any atom is 0.343 e. The zero-order valence-corrected chi connectivity index (χ0v) is 20.6. The van der Waals surface area contributed by atoms with E-state index in [2.05, 4.69) is 6.92 Å². The second-order valence-corrected chi connectivity index (χ2v) is 8.74. The third-order valence-electron chi connectivity index (χ3n) is 5.88. The standard InChI is InChI=1S/C30H34F2O3/c1-3-5-6-7-8-9-19-34-28-18-16-25(21-27(28)32)23-12-14-24(15-13-23)30(33)35-29-17-11-22(10-4-2)20-26(29)31/h11-18,20-21H,3-10,19H2,1-2H3. The molecule has 0 unspecified atom stereocenters. The Labute approximate surface area is 207 Å². The van der Waals surface area contributed by atoms with Gasteiger partial charge in [0.2, 0.25) is 0 Å². The van der Waals surface area contributed by atoms with Crippen molar-refractivity contribution in [1.29, 1.82) is 0 Å². The Hall–Kier alpha value is -3.21. The fourth-order valence-electron chi connectivity index (χ4n) is 3.89. The zero-order valence-electron chi connectivity index (χ0n) is 20.6. The van der Waals surface area contributed by atoms with Gasteiger partial charge in [-0.15, -0.1) is 0 Å². The third kappa shape index (κ3) is 7.91. The van der Waals surface area contributed by atoms with Gasteiger partial charge < -0.3 is 9.47 Å². The molecule has 3 aromatic carbocycles. The molecule has 0 spiro atoms. The monoisotopic (exact) mass is 480 g/mol. The molecule has 0 saturated carbocycles.